The Bertz CT molecular complexity index is 144. The van der Waals surface area contributed by atoms with Crippen LogP contribution in [0, 0.1) is 0 Å². The first-order chi connectivity index (χ1) is 4.11. The molecule has 0 aromatic rings. The molecular weight excluding hydrogens is 418 g/mol. The zero-order valence-electron chi connectivity index (χ0n) is 4.52. The van der Waals surface area contributed by atoms with Gasteiger partial charge in [0.1, 0.15) is 0 Å². The topological polar surface area (TPSA) is 0 Å². The van der Waals surface area contributed by atoms with Crippen LogP contribution in [0.25, 0.3) is 0 Å². The second-order valence-electron chi connectivity index (χ2n) is 1.84. The number of allylic oxidation sites excluding steroid dienone is 4. The number of hydrogen-bond acceptors (Lipinski definition) is 0. The molecule has 0 radical (unpaired) electrons. The Kier molecular flexibility index (Phi) is 3.34. The molecule has 0 bridgehead atoms. The van der Waals surface area contributed by atoms with Gasteiger partial charge in [0.05, 0.1) is 0 Å². The molecule has 1 rings (SSSR count). The maximum absolute atomic E-state index is 3.65. The molecule has 9 heavy (non-hydrogen) atoms. The predicted molar refractivity (Wildman–Crippen MR) is 54.6 cm³/mol. The molecule has 0 unspecified atom stereocenters. The van der Waals surface area contributed by atoms with E-state index in [2.05, 4.69) is 62.4 Å². The van der Waals surface area contributed by atoms with Gasteiger partial charge in [-0.25, -0.2) is 0 Å². The molecule has 50 valence electrons. The van der Waals surface area contributed by atoms with Gasteiger partial charge in [0, 0.05) is 0 Å². The van der Waals surface area contributed by atoms with Crippen LogP contribution in [-0.4, -0.2) is 11.7 Å². The standard InChI is InChI=1S/C5H5.3BrH.Sn/c1-2-4-5-3-1;;;;/h1-5H;3*1H;/q;;;;+3/p-3. The van der Waals surface area contributed by atoms with Crippen molar-refractivity contribution in [2.75, 3.05) is 0 Å². The van der Waals surface area contributed by atoms with Gasteiger partial charge in [-0.05, 0) is 0 Å². The van der Waals surface area contributed by atoms with Crippen LogP contribution in [0.4, 0.5) is 0 Å². The summed E-state index contributed by atoms with van der Waals surface area (Å²) >= 11 is 8.81. The Balaban J connectivity index is 2.64. The third-order valence-corrected chi connectivity index (χ3v) is 15.0. The van der Waals surface area contributed by atoms with Gasteiger partial charge < -0.3 is 0 Å². The van der Waals surface area contributed by atoms with Crippen molar-refractivity contribution in [1.29, 1.82) is 0 Å². The number of hydrogen-bond donors (Lipinski definition) is 0. The second kappa shape index (κ2) is 3.41. The van der Waals surface area contributed by atoms with Crippen LogP contribution in [0.5, 0.6) is 0 Å². The average Bonchev–Trinajstić information content (AvgIpc) is 2.08. The molecule has 0 nitrogen and oxygen atoms in total. The zero-order valence-corrected chi connectivity index (χ0v) is 12.1. The molecule has 0 aromatic carbocycles. The normalized spacial score (nSPS) is 19.4. The summed E-state index contributed by atoms with van der Waals surface area (Å²) in [6.45, 7) is 0. The average molecular weight is 424 g/mol. The van der Waals surface area contributed by atoms with E-state index in [1.807, 2.05) is 0 Å². The van der Waals surface area contributed by atoms with Gasteiger partial charge in [-0.1, -0.05) is 0 Å². The summed E-state index contributed by atoms with van der Waals surface area (Å²) in [6, 6.07) is 0. The molecule has 0 N–H and O–H groups in total. The van der Waals surface area contributed by atoms with Gasteiger partial charge in [-0.3, -0.25) is 0 Å². The fraction of sp³-hybridized carbons (Fsp3) is 0.200. The Morgan fingerprint density at radius 2 is 1.44 bits per heavy atom. The van der Waals surface area contributed by atoms with E-state index in [-0.39, 0.29) is 0 Å². The van der Waals surface area contributed by atoms with Gasteiger partial charge in [0.25, 0.3) is 0 Å². The Morgan fingerprint density at radius 3 is 1.67 bits per heavy atom. The minimum absolute atomic E-state index is 0.610. The monoisotopic (exact) mass is 422 g/mol. The molecule has 0 amide bonds. The summed E-state index contributed by atoms with van der Waals surface area (Å²) in [5.74, 6) is 0. The molecule has 1 aliphatic carbocycles. The summed E-state index contributed by atoms with van der Waals surface area (Å²) < 4.78 is 0.610. The van der Waals surface area contributed by atoms with Gasteiger partial charge >= 0.3 is 78.1 Å². The van der Waals surface area contributed by atoms with Crippen LogP contribution in [0.1, 0.15) is 0 Å². The minimum atomic E-state index is -2.13. The summed E-state index contributed by atoms with van der Waals surface area (Å²) in [5, 5.41) is 0. The van der Waals surface area contributed by atoms with Gasteiger partial charge in [-0.2, -0.15) is 0 Å². The molecule has 0 atom stereocenters. The fourth-order valence-corrected chi connectivity index (χ4v) is 8.67. The van der Waals surface area contributed by atoms with Crippen molar-refractivity contribution in [3.05, 3.63) is 24.3 Å². The van der Waals surface area contributed by atoms with Crippen molar-refractivity contribution < 1.29 is 0 Å². The number of halogens is 3. The van der Waals surface area contributed by atoms with Crippen molar-refractivity contribution >= 4 is 49.8 Å². The zero-order chi connectivity index (χ0) is 6.91. The van der Waals surface area contributed by atoms with Crippen molar-refractivity contribution in [3.8, 4) is 0 Å². The Labute approximate surface area is 76.9 Å². The van der Waals surface area contributed by atoms with Crippen LogP contribution in [0.2, 0.25) is 3.93 Å². The van der Waals surface area contributed by atoms with Crippen molar-refractivity contribution in [1.82, 2.24) is 0 Å². The van der Waals surface area contributed by atoms with Crippen molar-refractivity contribution in [2.24, 2.45) is 0 Å². The van der Waals surface area contributed by atoms with E-state index in [1.165, 1.54) is 0 Å². The van der Waals surface area contributed by atoms with E-state index in [0.29, 0.717) is 3.93 Å². The third-order valence-electron chi connectivity index (χ3n) is 1.13. The van der Waals surface area contributed by atoms with Gasteiger partial charge in [-0.15, -0.1) is 0 Å². The molecule has 0 saturated carbocycles. The van der Waals surface area contributed by atoms with E-state index < -0.39 is 11.7 Å². The Hall–Kier alpha value is 1.72. The molecule has 0 aromatic heterocycles. The molecule has 0 fully saturated rings. The van der Waals surface area contributed by atoms with Crippen LogP contribution >= 0.6 is 38.1 Å². The second-order valence-corrected chi connectivity index (χ2v) is 53.4. The van der Waals surface area contributed by atoms with Gasteiger partial charge in [0.15, 0.2) is 0 Å². The third kappa shape index (κ3) is 2.67. The van der Waals surface area contributed by atoms with E-state index in [4.69, 9.17) is 0 Å². The number of rotatable bonds is 1. The molecule has 0 aliphatic heterocycles. The van der Waals surface area contributed by atoms with Crippen LogP contribution < -0.4 is 0 Å². The fourth-order valence-electron chi connectivity index (χ4n) is 0.650. The first-order valence-electron chi connectivity index (χ1n) is 2.52. The molecule has 1 aliphatic rings. The summed E-state index contributed by atoms with van der Waals surface area (Å²) in [6.07, 6.45) is 8.57. The predicted octanol–water partition coefficient (Wildman–Crippen LogP) is 3.61. The van der Waals surface area contributed by atoms with Crippen LogP contribution in [0.3, 0.4) is 0 Å². The summed E-state index contributed by atoms with van der Waals surface area (Å²) in [5.41, 5.74) is 0. The molecule has 0 saturated heterocycles. The SMILES string of the molecule is [Br][Sn]([Br])([Br])[CH]1C=CC=C1. The molecular formula is C5H5Br3Sn. The maximum atomic E-state index is 3.65. The first-order valence-corrected chi connectivity index (χ1v) is 23.4. The van der Waals surface area contributed by atoms with Crippen molar-refractivity contribution in [3.63, 3.8) is 0 Å². The molecule has 4 heteroatoms. The van der Waals surface area contributed by atoms with Gasteiger partial charge in [0.2, 0.25) is 0 Å². The first kappa shape index (κ1) is 8.81. The van der Waals surface area contributed by atoms with Crippen LogP contribution in [-0.2, 0) is 0 Å². The summed E-state index contributed by atoms with van der Waals surface area (Å²) in [7, 11) is 0. The van der Waals surface area contributed by atoms with Crippen LogP contribution in [0.15, 0.2) is 24.3 Å². The van der Waals surface area contributed by atoms with E-state index in [9.17, 15) is 0 Å². The van der Waals surface area contributed by atoms with E-state index >= 15 is 0 Å². The molecule has 0 heterocycles. The molecule has 0 spiro atoms. The van der Waals surface area contributed by atoms with Crippen molar-refractivity contribution in [2.45, 2.75) is 3.93 Å². The summed E-state index contributed by atoms with van der Waals surface area (Å²) in [4.78, 5) is 0. The quantitative estimate of drug-likeness (QED) is 0.566. The van der Waals surface area contributed by atoms with E-state index in [0.717, 1.165) is 0 Å². The Morgan fingerprint density at radius 1 is 1.00 bits per heavy atom. The van der Waals surface area contributed by atoms with E-state index in [1.54, 1.807) is 0 Å².